The minimum absolute atomic E-state index is 0.0211. The van der Waals surface area contributed by atoms with Crippen molar-refractivity contribution < 1.29 is 17.9 Å². The zero-order valence-electron chi connectivity index (χ0n) is 13.4. The molecule has 0 spiro atoms. The van der Waals surface area contributed by atoms with Crippen molar-refractivity contribution in [3.05, 3.63) is 30.3 Å². The molecule has 0 bridgehead atoms. The minimum Gasteiger partial charge on any atom is -0.466 e. The number of piperidine rings is 1. The van der Waals surface area contributed by atoms with Gasteiger partial charge in [-0.05, 0) is 45.0 Å². The van der Waals surface area contributed by atoms with Crippen LogP contribution in [0.5, 0.6) is 0 Å². The Balaban J connectivity index is 1.73. The van der Waals surface area contributed by atoms with Crippen LogP contribution in [0.25, 0.3) is 0 Å². The van der Waals surface area contributed by atoms with Gasteiger partial charge < -0.3 is 9.64 Å². The molecule has 1 N–H and O–H groups in total. The van der Waals surface area contributed by atoms with Gasteiger partial charge >= 0.3 is 5.97 Å². The summed E-state index contributed by atoms with van der Waals surface area (Å²) in [6.07, 6.45) is 1.54. The van der Waals surface area contributed by atoms with Gasteiger partial charge in [-0.3, -0.25) is 4.79 Å². The molecule has 1 saturated heterocycles. The fourth-order valence-corrected chi connectivity index (χ4v) is 3.72. The Morgan fingerprint density at radius 2 is 1.91 bits per heavy atom. The lowest BCUT2D eigenvalue weighted by Crippen LogP contribution is -2.41. The van der Waals surface area contributed by atoms with Crippen LogP contribution >= 0.6 is 0 Å². The molecule has 0 amide bonds. The molecule has 128 valence electrons. The lowest BCUT2D eigenvalue weighted by Gasteiger charge is -2.30. The van der Waals surface area contributed by atoms with Gasteiger partial charge in [0.05, 0.1) is 17.4 Å². The molecule has 0 radical (unpaired) electrons. The van der Waals surface area contributed by atoms with E-state index in [9.17, 15) is 13.2 Å². The summed E-state index contributed by atoms with van der Waals surface area (Å²) in [5.41, 5.74) is 0. The summed E-state index contributed by atoms with van der Waals surface area (Å²) >= 11 is 0. The number of nitrogens with zero attached hydrogens (tertiary/aromatic N) is 1. The fourth-order valence-electron chi connectivity index (χ4n) is 2.67. The molecule has 0 atom stereocenters. The van der Waals surface area contributed by atoms with Gasteiger partial charge in [0, 0.05) is 13.1 Å². The summed E-state index contributed by atoms with van der Waals surface area (Å²) in [7, 11) is -3.44. The average molecular weight is 340 g/mol. The highest BCUT2D eigenvalue weighted by atomic mass is 32.2. The first kappa shape index (κ1) is 17.9. The predicted molar refractivity (Wildman–Crippen MR) is 87.4 cm³/mol. The molecule has 1 aromatic rings. The lowest BCUT2D eigenvalue weighted by atomic mass is 9.97. The maximum atomic E-state index is 12.1. The van der Waals surface area contributed by atoms with Gasteiger partial charge in [0.15, 0.2) is 0 Å². The van der Waals surface area contributed by atoms with Gasteiger partial charge in [-0.25, -0.2) is 13.1 Å². The monoisotopic (exact) mass is 340 g/mol. The molecule has 1 aliphatic heterocycles. The number of ether oxygens (including phenoxy) is 1. The SMILES string of the molecule is CCOC(=O)C1CCN(CCNS(=O)(=O)c2ccccc2)CC1. The summed E-state index contributed by atoms with van der Waals surface area (Å²) in [6, 6.07) is 8.34. The number of benzene rings is 1. The number of likely N-dealkylation sites (tertiary alicyclic amines) is 1. The normalized spacial score (nSPS) is 17.1. The van der Waals surface area contributed by atoms with Gasteiger partial charge in [0.25, 0.3) is 0 Å². The topological polar surface area (TPSA) is 75.7 Å². The molecule has 1 fully saturated rings. The summed E-state index contributed by atoms with van der Waals surface area (Å²) in [4.78, 5) is 14.1. The Morgan fingerprint density at radius 3 is 2.52 bits per heavy atom. The Morgan fingerprint density at radius 1 is 1.26 bits per heavy atom. The van der Waals surface area contributed by atoms with Crippen molar-refractivity contribution >= 4 is 16.0 Å². The fraction of sp³-hybridized carbons (Fsp3) is 0.562. The second kappa shape index (κ2) is 8.42. The minimum atomic E-state index is -3.44. The molecule has 6 nitrogen and oxygen atoms in total. The van der Waals surface area contributed by atoms with Gasteiger partial charge in [-0.1, -0.05) is 18.2 Å². The largest absolute Gasteiger partial charge is 0.466 e. The molecular formula is C16H24N2O4S. The summed E-state index contributed by atoms with van der Waals surface area (Å²) in [6.45, 7) is 4.81. The number of hydrogen-bond acceptors (Lipinski definition) is 5. The summed E-state index contributed by atoms with van der Waals surface area (Å²) in [5, 5.41) is 0. The maximum Gasteiger partial charge on any atom is 0.309 e. The number of carbonyl (C=O) groups excluding carboxylic acids is 1. The van der Waals surface area contributed by atoms with Crippen LogP contribution in [-0.4, -0.2) is 52.1 Å². The Kier molecular flexibility index (Phi) is 6.56. The summed E-state index contributed by atoms with van der Waals surface area (Å²) in [5.74, 6) is -0.135. The highest BCUT2D eigenvalue weighted by Crippen LogP contribution is 2.18. The molecule has 1 heterocycles. The van der Waals surface area contributed by atoms with Crippen molar-refractivity contribution in [2.75, 3.05) is 32.8 Å². The van der Waals surface area contributed by atoms with Crippen molar-refractivity contribution in [1.82, 2.24) is 9.62 Å². The zero-order chi connectivity index (χ0) is 16.7. The smallest absolute Gasteiger partial charge is 0.309 e. The molecule has 0 aliphatic carbocycles. The Bertz CT molecular complexity index is 596. The quantitative estimate of drug-likeness (QED) is 0.756. The van der Waals surface area contributed by atoms with Crippen LogP contribution in [0, 0.1) is 5.92 Å². The van der Waals surface area contributed by atoms with E-state index in [0.29, 0.717) is 19.7 Å². The van der Waals surface area contributed by atoms with Gasteiger partial charge in [0.2, 0.25) is 10.0 Å². The predicted octanol–water partition coefficient (Wildman–Crippen LogP) is 1.24. The molecule has 2 rings (SSSR count). The van der Waals surface area contributed by atoms with Crippen LogP contribution < -0.4 is 4.72 Å². The van der Waals surface area contributed by atoms with E-state index >= 15 is 0 Å². The number of sulfonamides is 1. The highest BCUT2D eigenvalue weighted by molar-refractivity contribution is 7.89. The number of nitrogens with one attached hydrogen (secondary N) is 1. The van der Waals surface area contributed by atoms with E-state index in [1.807, 2.05) is 6.92 Å². The molecule has 23 heavy (non-hydrogen) atoms. The van der Waals surface area contributed by atoms with E-state index in [-0.39, 0.29) is 16.8 Å². The van der Waals surface area contributed by atoms with Crippen molar-refractivity contribution in [2.45, 2.75) is 24.7 Å². The molecule has 0 aromatic heterocycles. The van der Waals surface area contributed by atoms with E-state index in [1.54, 1.807) is 30.3 Å². The molecule has 1 aromatic carbocycles. The van der Waals surface area contributed by atoms with Crippen LogP contribution in [0.2, 0.25) is 0 Å². The number of carbonyl (C=O) groups is 1. The number of rotatable bonds is 7. The molecule has 0 unspecified atom stereocenters. The zero-order valence-corrected chi connectivity index (χ0v) is 14.2. The van der Waals surface area contributed by atoms with Crippen molar-refractivity contribution in [2.24, 2.45) is 5.92 Å². The highest BCUT2D eigenvalue weighted by Gasteiger charge is 2.25. The second-order valence-electron chi connectivity index (χ2n) is 5.58. The first-order chi connectivity index (χ1) is 11.0. The standard InChI is InChI=1S/C16H24N2O4S/c1-2-22-16(19)14-8-11-18(12-9-14)13-10-17-23(20,21)15-6-4-3-5-7-15/h3-7,14,17H,2,8-13H2,1H3. The van der Waals surface area contributed by atoms with Crippen LogP contribution in [0.3, 0.4) is 0 Å². The maximum absolute atomic E-state index is 12.1. The average Bonchev–Trinajstić information content (AvgIpc) is 2.56. The van der Waals surface area contributed by atoms with Crippen LogP contribution in [0.15, 0.2) is 35.2 Å². The Labute approximate surface area is 137 Å². The van der Waals surface area contributed by atoms with Crippen LogP contribution in [0.1, 0.15) is 19.8 Å². The molecule has 7 heteroatoms. The molecule has 0 saturated carbocycles. The number of hydrogen-bond donors (Lipinski definition) is 1. The third kappa shape index (κ3) is 5.30. The van der Waals surface area contributed by atoms with Gasteiger partial charge in [-0.2, -0.15) is 0 Å². The summed E-state index contributed by atoms with van der Waals surface area (Å²) < 4.78 is 31.9. The van der Waals surface area contributed by atoms with Crippen molar-refractivity contribution in [3.63, 3.8) is 0 Å². The van der Waals surface area contributed by atoms with E-state index in [1.165, 1.54) is 0 Å². The third-order valence-electron chi connectivity index (χ3n) is 3.98. The van der Waals surface area contributed by atoms with Crippen LogP contribution in [0.4, 0.5) is 0 Å². The first-order valence-corrected chi connectivity index (χ1v) is 9.45. The second-order valence-corrected chi connectivity index (χ2v) is 7.35. The molecular weight excluding hydrogens is 316 g/mol. The van der Waals surface area contributed by atoms with Gasteiger partial charge in [0.1, 0.15) is 0 Å². The van der Waals surface area contributed by atoms with Crippen molar-refractivity contribution in [1.29, 1.82) is 0 Å². The van der Waals surface area contributed by atoms with E-state index < -0.39 is 10.0 Å². The first-order valence-electron chi connectivity index (χ1n) is 7.96. The van der Waals surface area contributed by atoms with E-state index in [4.69, 9.17) is 4.74 Å². The lowest BCUT2D eigenvalue weighted by molar-refractivity contribution is -0.149. The van der Waals surface area contributed by atoms with Crippen LogP contribution in [-0.2, 0) is 19.6 Å². The third-order valence-corrected chi connectivity index (χ3v) is 5.46. The molecule has 1 aliphatic rings. The van der Waals surface area contributed by atoms with E-state index in [0.717, 1.165) is 25.9 Å². The Hall–Kier alpha value is -1.44. The van der Waals surface area contributed by atoms with Gasteiger partial charge in [-0.15, -0.1) is 0 Å². The van der Waals surface area contributed by atoms with E-state index in [2.05, 4.69) is 9.62 Å². The number of esters is 1. The van der Waals surface area contributed by atoms with Crippen molar-refractivity contribution in [3.8, 4) is 0 Å².